The zero-order valence-electron chi connectivity index (χ0n) is 16.4. The summed E-state index contributed by atoms with van der Waals surface area (Å²) in [4.78, 5) is 12.5. The molecule has 1 heterocycles. The van der Waals surface area contributed by atoms with Crippen LogP contribution in [0, 0.1) is 6.92 Å². The summed E-state index contributed by atoms with van der Waals surface area (Å²) in [7, 11) is 1.87. The summed E-state index contributed by atoms with van der Waals surface area (Å²) >= 11 is 0. The summed E-state index contributed by atoms with van der Waals surface area (Å²) in [5.74, 6) is 1.45. The number of hydrogen-bond donors (Lipinski definition) is 1. The minimum absolute atomic E-state index is 0.119. The number of carbonyl (C=O) groups excluding carboxylic acids is 1. The zero-order chi connectivity index (χ0) is 19.9. The quantitative estimate of drug-likeness (QED) is 0.649. The minimum atomic E-state index is -0.119. The number of nitrogens with one attached hydrogen (secondary N) is 1. The van der Waals surface area contributed by atoms with Gasteiger partial charge in [-0.2, -0.15) is 5.10 Å². The molecule has 0 radical (unpaired) electrons. The van der Waals surface area contributed by atoms with Crippen molar-refractivity contribution in [2.24, 2.45) is 7.05 Å². The molecule has 6 heteroatoms. The molecule has 0 saturated carbocycles. The number of benzene rings is 2. The second kappa shape index (κ2) is 9.08. The molecule has 3 aromatic rings. The van der Waals surface area contributed by atoms with Gasteiger partial charge in [0.05, 0.1) is 12.3 Å². The van der Waals surface area contributed by atoms with Crippen LogP contribution in [0.1, 0.15) is 34.1 Å². The summed E-state index contributed by atoms with van der Waals surface area (Å²) in [6.45, 7) is 5.35. The van der Waals surface area contributed by atoms with Crippen molar-refractivity contribution in [3.63, 3.8) is 0 Å². The largest absolute Gasteiger partial charge is 0.494 e. The molecule has 0 fully saturated rings. The standard InChI is InChI=1S/C22H25N3O3/c1-4-27-20-8-10-21(11-9-20)28-15-17-6-5-7-18(12-17)22(26)23-13-19-14-25(3)24-16(19)2/h5-12,14H,4,13,15H2,1-3H3,(H,23,26). The summed E-state index contributed by atoms with van der Waals surface area (Å²) < 4.78 is 13.0. The van der Waals surface area contributed by atoms with Crippen LogP contribution >= 0.6 is 0 Å². The average Bonchev–Trinajstić information content (AvgIpc) is 3.03. The van der Waals surface area contributed by atoms with Crippen molar-refractivity contribution in [1.29, 1.82) is 0 Å². The first-order valence-corrected chi connectivity index (χ1v) is 9.27. The SMILES string of the molecule is CCOc1ccc(OCc2cccc(C(=O)NCc3cn(C)nc3C)c2)cc1. The van der Waals surface area contributed by atoms with Crippen molar-refractivity contribution in [2.75, 3.05) is 6.61 Å². The maximum atomic E-state index is 12.5. The van der Waals surface area contributed by atoms with Crippen LogP contribution in [-0.4, -0.2) is 22.3 Å². The lowest BCUT2D eigenvalue weighted by Gasteiger charge is -2.09. The molecular weight excluding hydrogens is 354 g/mol. The molecule has 2 aromatic carbocycles. The van der Waals surface area contributed by atoms with Crippen molar-refractivity contribution in [3.8, 4) is 11.5 Å². The first kappa shape index (κ1) is 19.5. The van der Waals surface area contributed by atoms with Crippen LogP contribution < -0.4 is 14.8 Å². The number of aryl methyl sites for hydroxylation is 2. The number of amides is 1. The Bertz CT molecular complexity index is 932. The van der Waals surface area contributed by atoms with Crippen molar-refractivity contribution in [2.45, 2.75) is 27.0 Å². The summed E-state index contributed by atoms with van der Waals surface area (Å²) in [6, 6.07) is 14.9. The number of nitrogens with zero attached hydrogens (tertiary/aromatic N) is 2. The van der Waals surface area contributed by atoms with Crippen molar-refractivity contribution in [3.05, 3.63) is 77.1 Å². The van der Waals surface area contributed by atoms with Gasteiger partial charge in [0.25, 0.3) is 5.91 Å². The van der Waals surface area contributed by atoms with Gasteiger partial charge in [0, 0.05) is 30.9 Å². The Morgan fingerprint density at radius 2 is 1.82 bits per heavy atom. The van der Waals surface area contributed by atoms with Gasteiger partial charge in [0.1, 0.15) is 18.1 Å². The molecule has 0 atom stereocenters. The second-order valence-corrected chi connectivity index (χ2v) is 6.49. The topological polar surface area (TPSA) is 65.4 Å². The Morgan fingerprint density at radius 3 is 2.46 bits per heavy atom. The highest BCUT2D eigenvalue weighted by Crippen LogP contribution is 2.19. The van der Waals surface area contributed by atoms with Gasteiger partial charge in [0.15, 0.2) is 0 Å². The van der Waals surface area contributed by atoms with Crippen LogP contribution in [0.5, 0.6) is 11.5 Å². The van der Waals surface area contributed by atoms with Crippen LogP contribution in [0.4, 0.5) is 0 Å². The zero-order valence-corrected chi connectivity index (χ0v) is 16.4. The molecule has 0 spiro atoms. The van der Waals surface area contributed by atoms with E-state index >= 15 is 0 Å². The highest BCUT2D eigenvalue weighted by atomic mass is 16.5. The van der Waals surface area contributed by atoms with Gasteiger partial charge in [-0.15, -0.1) is 0 Å². The summed E-state index contributed by atoms with van der Waals surface area (Å²) in [5, 5.41) is 7.23. The number of rotatable bonds is 8. The number of hydrogen-bond acceptors (Lipinski definition) is 4. The Labute approximate surface area is 165 Å². The fourth-order valence-electron chi connectivity index (χ4n) is 2.87. The lowest BCUT2D eigenvalue weighted by Crippen LogP contribution is -2.23. The molecular formula is C22H25N3O3. The van der Waals surface area contributed by atoms with Gasteiger partial charge in [-0.25, -0.2) is 0 Å². The van der Waals surface area contributed by atoms with E-state index in [4.69, 9.17) is 9.47 Å². The molecule has 28 heavy (non-hydrogen) atoms. The third kappa shape index (κ3) is 5.13. The van der Waals surface area contributed by atoms with Crippen LogP contribution in [0.15, 0.2) is 54.7 Å². The average molecular weight is 379 g/mol. The smallest absolute Gasteiger partial charge is 0.251 e. The molecule has 0 saturated heterocycles. The van der Waals surface area contributed by atoms with E-state index in [1.165, 1.54) is 0 Å². The van der Waals surface area contributed by atoms with Crippen molar-refractivity contribution < 1.29 is 14.3 Å². The molecule has 1 amide bonds. The molecule has 3 rings (SSSR count). The number of carbonyl (C=O) groups is 1. The maximum absolute atomic E-state index is 12.5. The Hall–Kier alpha value is -3.28. The molecule has 0 unspecified atom stereocenters. The van der Waals surface area contributed by atoms with Crippen LogP contribution in [0.3, 0.4) is 0 Å². The van der Waals surface area contributed by atoms with E-state index in [9.17, 15) is 4.79 Å². The second-order valence-electron chi connectivity index (χ2n) is 6.49. The normalized spacial score (nSPS) is 10.5. The van der Waals surface area contributed by atoms with E-state index in [2.05, 4.69) is 10.4 Å². The van der Waals surface area contributed by atoms with Gasteiger partial charge in [0.2, 0.25) is 0 Å². The summed E-state index contributed by atoms with van der Waals surface area (Å²) in [5.41, 5.74) is 3.46. The highest BCUT2D eigenvalue weighted by molar-refractivity contribution is 5.94. The van der Waals surface area contributed by atoms with Crippen molar-refractivity contribution in [1.82, 2.24) is 15.1 Å². The Kier molecular flexibility index (Phi) is 6.32. The molecule has 0 aliphatic carbocycles. The Balaban J connectivity index is 1.56. The third-order valence-corrected chi connectivity index (χ3v) is 4.28. The monoisotopic (exact) mass is 379 g/mol. The maximum Gasteiger partial charge on any atom is 0.251 e. The van der Waals surface area contributed by atoms with E-state index < -0.39 is 0 Å². The molecule has 0 aliphatic heterocycles. The van der Waals surface area contributed by atoms with Crippen LogP contribution in [0.2, 0.25) is 0 Å². The van der Waals surface area contributed by atoms with Gasteiger partial charge < -0.3 is 14.8 Å². The predicted octanol–water partition coefficient (Wildman–Crippen LogP) is 3.64. The van der Waals surface area contributed by atoms with E-state index in [0.29, 0.717) is 25.3 Å². The van der Waals surface area contributed by atoms with E-state index in [-0.39, 0.29) is 5.91 Å². The molecule has 146 valence electrons. The number of aromatic nitrogens is 2. The van der Waals surface area contributed by atoms with Crippen LogP contribution in [0.25, 0.3) is 0 Å². The van der Waals surface area contributed by atoms with Gasteiger partial charge in [-0.1, -0.05) is 12.1 Å². The van der Waals surface area contributed by atoms with Crippen LogP contribution in [-0.2, 0) is 20.2 Å². The lowest BCUT2D eigenvalue weighted by atomic mass is 10.1. The fourth-order valence-corrected chi connectivity index (χ4v) is 2.87. The third-order valence-electron chi connectivity index (χ3n) is 4.28. The first-order chi connectivity index (χ1) is 13.5. The van der Waals surface area contributed by atoms with Gasteiger partial charge in [-0.3, -0.25) is 9.48 Å². The molecule has 1 N–H and O–H groups in total. The van der Waals surface area contributed by atoms with Gasteiger partial charge >= 0.3 is 0 Å². The van der Waals surface area contributed by atoms with E-state index in [0.717, 1.165) is 28.3 Å². The Morgan fingerprint density at radius 1 is 1.11 bits per heavy atom. The first-order valence-electron chi connectivity index (χ1n) is 9.27. The van der Waals surface area contributed by atoms with Crippen molar-refractivity contribution >= 4 is 5.91 Å². The summed E-state index contributed by atoms with van der Waals surface area (Å²) in [6.07, 6.45) is 1.91. The minimum Gasteiger partial charge on any atom is -0.494 e. The van der Waals surface area contributed by atoms with E-state index in [1.807, 2.05) is 69.6 Å². The van der Waals surface area contributed by atoms with E-state index in [1.54, 1.807) is 10.7 Å². The lowest BCUT2D eigenvalue weighted by molar-refractivity contribution is 0.0950. The fraction of sp³-hybridized carbons (Fsp3) is 0.273. The molecule has 0 aliphatic rings. The predicted molar refractivity (Wildman–Crippen MR) is 108 cm³/mol. The highest BCUT2D eigenvalue weighted by Gasteiger charge is 2.09. The van der Waals surface area contributed by atoms with Gasteiger partial charge in [-0.05, 0) is 55.8 Å². The number of ether oxygens (including phenoxy) is 2. The molecule has 1 aromatic heterocycles. The molecule has 0 bridgehead atoms. The molecule has 6 nitrogen and oxygen atoms in total.